The Kier molecular flexibility index (Phi) is 6.96. The fraction of sp³-hybridized carbons (Fsp3) is 0.0400. The molecule has 8 aromatic carbocycles. The average molecular weight is 813 g/mol. The predicted octanol–water partition coefficient (Wildman–Crippen LogP) is 10.2. The molecule has 0 saturated heterocycles. The van der Waals surface area contributed by atoms with Crippen LogP contribution in [0.25, 0.3) is 22.3 Å². The molecule has 0 fully saturated rings. The largest absolute Gasteiger partial charge is 0.456 e. The molecule has 0 amide bonds. The first-order valence-corrected chi connectivity index (χ1v) is 22.6. The lowest BCUT2D eigenvalue weighted by Crippen LogP contribution is -2.34. The van der Waals surface area contributed by atoms with Gasteiger partial charge in [0, 0.05) is 10.6 Å². The van der Waals surface area contributed by atoms with E-state index in [1.807, 2.05) is 79.7 Å². The van der Waals surface area contributed by atoms with E-state index in [1.165, 1.54) is 54.6 Å². The Morgan fingerprint density at radius 3 is 1.22 bits per heavy atom. The van der Waals surface area contributed by atoms with Crippen LogP contribution >= 0.6 is 14.3 Å². The molecule has 12 rings (SSSR count). The monoisotopic (exact) mass is 812 g/mol. The van der Waals surface area contributed by atoms with Crippen molar-refractivity contribution >= 4 is 46.1 Å². The molecule has 2 unspecified atom stereocenters. The summed E-state index contributed by atoms with van der Waals surface area (Å²) in [4.78, 5) is 0. The maximum absolute atomic E-state index is 16.2. The van der Waals surface area contributed by atoms with Gasteiger partial charge in [0.2, 0.25) is 0 Å². The van der Waals surface area contributed by atoms with Gasteiger partial charge >= 0.3 is 0 Å². The number of benzene rings is 8. The highest BCUT2D eigenvalue weighted by Gasteiger charge is 2.53. The highest BCUT2D eigenvalue weighted by Crippen LogP contribution is 2.64. The Morgan fingerprint density at radius 2 is 0.780 bits per heavy atom. The molecule has 4 aliphatic rings. The molecule has 2 atom stereocenters. The molecule has 4 nitrogen and oxygen atoms in total. The molecule has 0 radical (unpaired) electrons. The van der Waals surface area contributed by atoms with Gasteiger partial charge in [-0.15, -0.1) is 0 Å². The predicted molar refractivity (Wildman–Crippen MR) is 226 cm³/mol. The first-order chi connectivity index (χ1) is 28.6. The van der Waals surface area contributed by atoms with Crippen LogP contribution in [0.4, 0.5) is 13.2 Å². The topological polar surface area (TPSA) is 52.6 Å². The molecule has 0 N–H and O–H groups in total. The molecule has 0 bridgehead atoms. The van der Waals surface area contributed by atoms with E-state index < -0.39 is 37.2 Å². The zero-order valence-corrected chi connectivity index (χ0v) is 33.0. The Labute approximate surface area is 337 Å². The zero-order chi connectivity index (χ0) is 40.0. The summed E-state index contributed by atoms with van der Waals surface area (Å²) in [5, 5.41) is 1.96. The van der Waals surface area contributed by atoms with E-state index in [1.54, 1.807) is 6.07 Å². The second kappa shape index (κ2) is 11.9. The molecule has 0 saturated carbocycles. The Bertz CT molecular complexity index is 2990. The SMILES string of the molecule is Cc1ccc2c(c1)P(=O)(c1ccc3c(c1)C1(c4ccccc4-3)c3ccccc3-c3ccc(P4(=O)c5cc(F)ccc5Oc5ccc(F)cc54)cc31)c1cc(F)ccc1O2. The van der Waals surface area contributed by atoms with Crippen molar-refractivity contribution in [2.24, 2.45) is 0 Å². The zero-order valence-electron chi connectivity index (χ0n) is 31.2. The van der Waals surface area contributed by atoms with E-state index in [9.17, 15) is 0 Å². The lowest BCUT2D eigenvalue weighted by atomic mass is 9.70. The number of fused-ring (bicyclic) bond motifs is 14. The van der Waals surface area contributed by atoms with Crippen molar-refractivity contribution in [2.75, 3.05) is 0 Å². The molecule has 2 heterocycles. The van der Waals surface area contributed by atoms with E-state index in [2.05, 4.69) is 24.3 Å². The van der Waals surface area contributed by atoms with Crippen molar-refractivity contribution in [1.29, 1.82) is 0 Å². The lowest BCUT2D eigenvalue weighted by molar-refractivity contribution is 0.481. The van der Waals surface area contributed by atoms with E-state index in [4.69, 9.17) is 9.47 Å². The molecule has 59 heavy (non-hydrogen) atoms. The quantitative estimate of drug-likeness (QED) is 0.163. The summed E-state index contributed by atoms with van der Waals surface area (Å²) in [5.41, 5.74) is 7.30. The van der Waals surface area contributed by atoms with Crippen molar-refractivity contribution in [3.05, 3.63) is 203 Å². The van der Waals surface area contributed by atoms with Crippen molar-refractivity contribution in [1.82, 2.24) is 0 Å². The standard InChI is InChI=1S/C50H29F3O4P2/c1-28-10-18-42-46(22-28)58(54,47-23-29(51)11-19-43(47)56-42)32-14-16-36-34-6-2-4-8-38(34)50(40(36)26-32)39-9-5-3-7-35(39)37-17-15-33(27-41(37)50)59(55)48-24-30(52)12-20-44(48)57-45-21-13-31(53)25-49(45)59/h2-27H,1H3. The smallest absolute Gasteiger partial charge is 0.178 e. The Morgan fingerprint density at radius 1 is 0.407 bits per heavy atom. The summed E-state index contributed by atoms with van der Waals surface area (Å²) in [6.07, 6.45) is 0. The minimum Gasteiger partial charge on any atom is -0.456 e. The lowest BCUT2D eigenvalue weighted by Gasteiger charge is -2.33. The van der Waals surface area contributed by atoms with Crippen molar-refractivity contribution in [3.63, 3.8) is 0 Å². The Balaban J connectivity index is 1.17. The van der Waals surface area contributed by atoms with Gasteiger partial charge in [0.25, 0.3) is 0 Å². The third-order valence-corrected chi connectivity index (χ3v) is 18.6. The van der Waals surface area contributed by atoms with Crippen molar-refractivity contribution in [3.8, 4) is 45.3 Å². The van der Waals surface area contributed by atoms with Crippen molar-refractivity contribution < 1.29 is 31.8 Å². The van der Waals surface area contributed by atoms with Crippen LogP contribution in [-0.4, -0.2) is 0 Å². The van der Waals surface area contributed by atoms with Crippen LogP contribution in [0, 0.1) is 24.4 Å². The third-order valence-electron chi connectivity index (χ3n) is 12.5. The molecule has 2 aliphatic heterocycles. The molecule has 9 heteroatoms. The van der Waals surface area contributed by atoms with E-state index >= 15 is 22.3 Å². The van der Waals surface area contributed by atoms with Gasteiger partial charge in [-0.2, -0.15) is 0 Å². The van der Waals surface area contributed by atoms with Crippen LogP contribution in [0.3, 0.4) is 0 Å². The summed E-state index contributed by atoms with van der Waals surface area (Å²) < 4.78 is 90.0. The number of hydrogen-bond donors (Lipinski definition) is 0. The molecule has 0 aromatic heterocycles. The Hall–Kier alpha value is -6.39. The fourth-order valence-electron chi connectivity index (χ4n) is 9.99. The van der Waals surface area contributed by atoms with Gasteiger partial charge in [-0.1, -0.05) is 84.4 Å². The summed E-state index contributed by atoms with van der Waals surface area (Å²) in [7, 11) is -7.75. The van der Waals surface area contributed by atoms with Gasteiger partial charge in [-0.25, -0.2) is 13.2 Å². The number of rotatable bonds is 2. The second-order valence-corrected chi connectivity index (χ2v) is 20.9. The van der Waals surface area contributed by atoms with Crippen LogP contribution in [0.15, 0.2) is 158 Å². The molecule has 1 spiro atoms. The van der Waals surface area contributed by atoms with Gasteiger partial charge in [0.15, 0.2) is 14.3 Å². The maximum Gasteiger partial charge on any atom is 0.178 e. The first kappa shape index (κ1) is 34.6. The van der Waals surface area contributed by atoms with Gasteiger partial charge in [-0.3, -0.25) is 0 Å². The summed E-state index contributed by atoms with van der Waals surface area (Å²) in [6.45, 7) is 1.92. The minimum absolute atomic E-state index is 0.145. The maximum atomic E-state index is 16.2. The van der Waals surface area contributed by atoms with E-state index in [0.717, 1.165) is 50.1 Å². The fourth-order valence-corrected chi connectivity index (χ4v) is 15.8. The van der Waals surface area contributed by atoms with Gasteiger partial charge in [0.05, 0.1) is 26.6 Å². The number of halogens is 3. The van der Waals surface area contributed by atoms with Crippen LogP contribution in [-0.2, 0) is 14.5 Å². The minimum atomic E-state index is -3.98. The number of hydrogen-bond acceptors (Lipinski definition) is 4. The molecular formula is C50H29F3O4P2. The van der Waals surface area contributed by atoms with Crippen LogP contribution in [0.5, 0.6) is 23.0 Å². The molecule has 284 valence electrons. The highest BCUT2D eigenvalue weighted by molar-refractivity contribution is 7.86. The van der Waals surface area contributed by atoms with Crippen molar-refractivity contribution in [2.45, 2.75) is 12.3 Å². The van der Waals surface area contributed by atoms with Gasteiger partial charge in [-0.05, 0) is 130 Å². The molecular weight excluding hydrogens is 783 g/mol. The summed E-state index contributed by atoms with van der Waals surface area (Å²) in [6, 6.07) is 45.5. The van der Waals surface area contributed by atoms with Crippen LogP contribution < -0.4 is 41.3 Å². The van der Waals surface area contributed by atoms with E-state index in [-0.39, 0.29) is 27.4 Å². The van der Waals surface area contributed by atoms with Gasteiger partial charge < -0.3 is 18.6 Å². The van der Waals surface area contributed by atoms with Crippen LogP contribution in [0.1, 0.15) is 27.8 Å². The third kappa shape index (κ3) is 4.42. The number of aryl methyl sites for hydroxylation is 1. The highest BCUT2D eigenvalue weighted by atomic mass is 31.2. The number of ether oxygens (including phenoxy) is 2. The second-order valence-electron chi connectivity index (χ2n) is 15.5. The van der Waals surface area contributed by atoms with Gasteiger partial charge in [0.1, 0.15) is 40.4 Å². The van der Waals surface area contributed by atoms with Crippen LogP contribution in [0.2, 0.25) is 0 Å². The normalized spacial score (nSPS) is 19.2. The molecule has 2 aliphatic carbocycles. The van der Waals surface area contributed by atoms with E-state index in [0.29, 0.717) is 27.4 Å². The first-order valence-electron chi connectivity index (χ1n) is 19.2. The molecule has 8 aromatic rings. The average Bonchev–Trinajstić information content (AvgIpc) is 3.71. The summed E-state index contributed by atoms with van der Waals surface area (Å²) >= 11 is 0. The summed E-state index contributed by atoms with van der Waals surface area (Å²) in [5.74, 6) is -0.447.